The third-order valence-electron chi connectivity index (χ3n) is 2.63. The maximum Gasteiger partial charge on any atom is 0.504 e. The average molecular weight is 259 g/mol. The molecule has 0 aliphatic heterocycles. The van der Waals surface area contributed by atoms with Crippen LogP contribution in [-0.2, 0) is 13.3 Å². The second-order valence-corrected chi connectivity index (χ2v) is 6.59. The molecule has 0 heterocycles. The fourth-order valence-electron chi connectivity index (χ4n) is 1.95. The van der Waals surface area contributed by atoms with Crippen molar-refractivity contribution in [2.45, 2.75) is 52.5 Å². The van der Waals surface area contributed by atoms with E-state index in [0.29, 0.717) is 26.2 Å². The Kier molecular flexibility index (Phi) is 9.37. The highest BCUT2D eigenvalue weighted by Crippen LogP contribution is 2.33. The molecule has 0 aromatic carbocycles. The summed E-state index contributed by atoms with van der Waals surface area (Å²) in [4.78, 5) is 0. The summed E-state index contributed by atoms with van der Waals surface area (Å²) in [6, 6.07) is 2.19. The van der Waals surface area contributed by atoms with Crippen molar-refractivity contribution in [2.24, 2.45) is 0 Å². The second kappa shape index (κ2) is 9.60. The molecule has 0 rings (SSSR count). The van der Waals surface area contributed by atoms with E-state index in [2.05, 4.69) is 13.0 Å². The highest BCUT2D eigenvalue weighted by Gasteiger charge is 2.47. The van der Waals surface area contributed by atoms with Gasteiger partial charge in [0.25, 0.3) is 0 Å². The molecule has 0 saturated carbocycles. The van der Waals surface area contributed by atoms with Crippen LogP contribution in [-0.4, -0.2) is 28.6 Å². The molecule has 0 spiro atoms. The topological polar surface area (TPSA) is 51.5 Å². The van der Waals surface area contributed by atoms with Gasteiger partial charge in [0.1, 0.15) is 0 Å². The van der Waals surface area contributed by atoms with Crippen molar-refractivity contribution in [3.8, 4) is 6.07 Å². The molecule has 0 radical (unpaired) electrons. The molecule has 0 fully saturated rings. The molecule has 0 aromatic heterocycles. The normalized spacial score (nSPS) is 13.4. The van der Waals surface area contributed by atoms with Gasteiger partial charge < -0.3 is 13.3 Å². The molecule has 0 aromatic rings. The quantitative estimate of drug-likeness (QED) is 0.566. The summed E-state index contributed by atoms with van der Waals surface area (Å²) in [5.41, 5.74) is 0.224. The number of hydrogen-bond acceptors (Lipinski definition) is 4. The van der Waals surface area contributed by atoms with Gasteiger partial charge in [-0.2, -0.15) is 5.26 Å². The molecule has 4 nitrogen and oxygen atoms in total. The van der Waals surface area contributed by atoms with Crippen LogP contribution in [0.2, 0.25) is 5.54 Å². The molecule has 1 atom stereocenters. The number of hydrogen-bond donors (Lipinski definition) is 0. The SMILES string of the molecule is CCO[Si](OCC)(OCC)C(CC)CCC#N. The summed E-state index contributed by atoms with van der Waals surface area (Å²) in [5.74, 6) is 0. The third-order valence-corrected chi connectivity index (χ3v) is 6.40. The Labute approximate surface area is 106 Å². The summed E-state index contributed by atoms with van der Waals surface area (Å²) >= 11 is 0. The number of nitriles is 1. The molecule has 0 saturated heterocycles. The fourth-order valence-corrected chi connectivity index (χ4v) is 5.11. The first-order valence-electron chi connectivity index (χ1n) is 6.49. The first-order chi connectivity index (χ1) is 8.20. The molecule has 0 aliphatic rings. The fraction of sp³-hybridized carbons (Fsp3) is 0.917. The molecule has 0 aliphatic carbocycles. The van der Waals surface area contributed by atoms with E-state index in [1.54, 1.807) is 0 Å². The van der Waals surface area contributed by atoms with Crippen molar-refractivity contribution >= 4 is 8.80 Å². The predicted molar refractivity (Wildman–Crippen MR) is 69.5 cm³/mol. The van der Waals surface area contributed by atoms with Crippen LogP contribution in [0, 0.1) is 11.3 Å². The van der Waals surface area contributed by atoms with Crippen LogP contribution < -0.4 is 0 Å². The van der Waals surface area contributed by atoms with Gasteiger partial charge in [-0.05, 0) is 33.6 Å². The summed E-state index contributed by atoms with van der Waals surface area (Å²) in [6.07, 6.45) is 2.24. The minimum absolute atomic E-state index is 0.224. The Hall–Kier alpha value is -0.413. The Morgan fingerprint density at radius 3 is 1.76 bits per heavy atom. The molecule has 0 bridgehead atoms. The van der Waals surface area contributed by atoms with Gasteiger partial charge in [-0.15, -0.1) is 0 Å². The van der Waals surface area contributed by atoms with Gasteiger partial charge >= 0.3 is 8.80 Å². The molecule has 17 heavy (non-hydrogen) atoms. The Morgan fingerprint density at radius 1 is 1.00 bits per heavy atom. The second-order valence-electron chi connectivity index (χ2n) is 3.70. The Morgan fingerprint density at radius 2 is 1.47 bits per heavy atom. The lowest BCUT2D eigenvalue weighted by Gasteiger charge is -2.34. The minimum atomic E-state index is -2.61. The standard InChI is InChI=1S/C12H25NO3Si/c1-5-12(10-9-11-13)17(14-6-2,15-7-3)16-8-4/h12H,5-10H2,1-4H3. The summed E-state index contributed by atoms with van der Waals surface area (Å²) in [6.45, 7) is 9.74. The van der Waals surface area contributed by atoms with Crippen LogP contribution in [0.1, 0.15) is 47.0 Å². The van der Waals surface area contributed by atoms with Gasteiger partial charge in [0.15, 0.2) is 0 Å². The van der Waals surface area contributed by atoms with Gasteiger partial charge in [0.05, 0.1) is 6.07 Å². The maximum absolute atomic E-state index is 8.71. The van der Waals surface area contributed by atoms with E-state index >= 15 is 0 Å². The zero-order valence-electron chi connectivity index (χ0n) is 11.5. The average Bonchev–Trinajstić information content (AvgIpc) is 2.31. The van der Waals surface area contributed by atoms with Gasteiger partial charge in [-0.25, -0.2) is 0 Å². The molecule has 0 amide bonds. The summed E-state index contributed by atoms with van der Waals surface area (Å²) in [7, 11) is -2.61. The summed E-state index contributed by atoms with van der Waals surface area (Å²) in [5, 5.41) is 8.71. The molecule has 5 heteroatoms. The maximum atomic E-state index is 8.71. The van der Waals surface area contributed by atoms with E-state index in [-0.39, 0.29) is 5.54 Å². The Balaban J connectivity index is 4.84. The Bertz CT molecular complexity index is 213. The van der Waals surface area contributed by atoms with Gasteiger partial charge in [0, 0.05) is 31.8 Å². The van der Waals surface area contributed by atoms with Crippen molar-refractivity contribution in [3.05, 3.63) is 0 Å². The van der Waals surface area contributed by atoms with Gasteiger partial charge in [-0.1, -0.05) is 6.92 Å². The largest absolute Gasteiger partial charge is 0.504 e. The molecule has 100 valence electrons. The van der Waals surface area contributed by atoms with E-state index in [1.165, 1.54) is 0 Å². The van der Waals surface area contributed by atoms with Crippen LogP contribution in [0.25, 0.3) is 0 Å². The molecular weight excluding hydrogens is 234 g/mol. The van der Waals surface area contributed by atoms with E-state index in [4.69, 9.17) is 18.5 Å². The van der Waals surface area contributed by atoms with Crippen molar-refractivity contribution in [2.75, 3.05) is 19.8 Å². The van der Waals surface area contributed by atoms with Gasteiger partial charge in [0.2, 0.25) is 0 Å². The zero-order valence-corrected chi connectivity index (χ0v) is 12.5. The zero-order chi connectivity index (χ0) is 13.1. The van der Waals surface area contributed by atoms with Crippen LogP contribution >= 0.6 is 0 Å². The van der Waals surface area contributed by atoms with Gasteiger partial charge in [-0.3, -0.25) is 0 Å². The first-order valence-corrected chi connectivity index (χ1v) is 8.29. The van der Waals surface area contributed by atoms with Crippen molar-refractivity contribution in [1.82, 2.24) is 0 Å². The number of nitrogens with zero attached hydrogens (tertiary/aromatic N) is 1. The molecular formula is C12H25NO3Si. The highest BCUT2D eigenvalue weighted by molar-refractivity contribution is 6.62. The lowest BCUT2D eigenvalue weighted by atomic mass is 10.2. The highest BCUT2D eigenvalue weighted by atomic mass is 28.4. The lowest BCUT2D eigenvalue weighted by molar-refractivity contribution is 0.0593. The van der Waals surface area contributed by atoms with Crippen molar-refractivity contribution in [1.29, 1.82) is 5.26 Å². The van der Waals surface area contributed by atoms with Crippen LogP contribution in [0.3, 0.4) is 0 Å². The van der Waals surface area contributed by atoms with Crippen molar-refractivity contribution in [3.63, 3.8) is 0 Å². The minimum Gasteiger partial charge on any atom is -0.374 e. The van der Waals surface area contributed by atoms with E-state index in [9.17, 15) is 0 Å². The predicted octanol–water partition coefficient (Wildman–Crippen LogP) is 3.12. The van der Waals surface area contributed by atoms with Crippen LogP contribution in [0.5, 0.6) is 0 Å². The third kappa shape index (κ3) is 5.17. The lowest BCUT2D eigenvalue weighted by Crippen LogP contribution is -2.50. The molecule has 1 unspecified atom stereocenters. The van der Waals surface area contributed by atoms with E-state index < -0.39 is 8.80 Å². The summed E-state index contributed by atoms with van der Waals surface area (Å²) < 4.78 is 17.5. The molecule has 0 N–H and O–H groups in total. The van der Waals surface area contributed by atoms with E-state index in [1.807, 2.05) is 20.8 Å². The smallest absolute Gasteiger partial charge is 0.374 e. The van der Waals surface area contributed by atoms with Crippen LogP contribution in [0.4, 0.5) is 0 Å². The van der Waals surface area contributed by atoms with Crippen LogP contribution in [0.15, 0.2) is 0 Å². The van der Waals surface area contributed by atoms with Crippen molar-refractivity contribution < 1.29 is 13.3 Å². The van der Waals surface area contributed by atoms with E-state index in [0.717, 1.165) is 12.8 Å². The number of rotatable bonds is 10. The monoisotopic (exact) mass is 259 g/mol. The first kappa shape index (κ1) is 16.6.